The van der Waals surface area contributed by atoms with Gasteiger partial charge in [-0.25, -0.2) is 17.6 Å². The van der Waals surface area contributed by atoms with Crippen molar-refractivity contribution in [3.63, 3.8) is 0 Å². The third-order valence-electron chi connectivity index (χ3n) is 6.04. The number of aromatic nitrogens is 1. The molecule has 0 saturated carbocycles. The molecule has 1 aromatic carbocycles. The number of hydrogen-bond donors (Lipinski definition) is 1. The summed E-state index contributed by atoms with van der Waals surface area (Å²) in [5, 5.41) is 2.78. The van der Waals surface area contributed by atoms with E-state index in [0.29, 0.717) is 36.4 Å². The lowest BCUT2D eigenvalue weighted by molar-refractivity contribution is -0.115. The Morgan fingerprint density at radius 2 is 1.92 bits per heavy atom. The molecule has 0 radical (unpaired) electrons. The Balaban J connectivity index is 1.50. The molecule has 0 unspecified atom stereocenters. The van der Waals surface area contributed by atoms with Crippen LogP contribution in [0.25, 0.3) is 10.2 Å². The number of amides is 2. The molecule has 210 valence electrons. The first-order valence-corrected chi connectivity index (χ1v) is 15.7. The Morgan fingerprint density at radius 3 is 2.67 bits per heavy atom. The smallest absolute Gasteiger partial charge is 0.341 e. The zero-order chi connectivity index (χ0) is 28.2. The van der Waals surface area contributed by atoms with Crippen LogP contribution in [0.5, 0.6) is 0 Å². The van der Waals surface area contributed by atoms with Crippen molar-refractivity contribution in [1.82, 2.24) is 4.57 Å². The van der Waals surface area contributed by atoms with Crippen LogP contribution in [0.4, 0.5) is 9.39 Å². The van der Waals surface area contributed by atoms with Crippen molar-refractivity contribution in [3.8, 4) is 0 Å². The van der Waals surface area contributed by atoms with E-state index in [1.165, 1.54) is 30.6 Å². The molecule has 1 N–H and O–H groups in total. The number of carbonyl (C=O) groups excluding carboxylic acids is 3. The summed E-state index contributed by atoms with van der Waals surface area (Å²) in [5.74, 6) is -4.81. The van der Waals surface area contributed by atoms with Gasteiger partial charge in [0.1, 0.15) is 22.3 Å². The summed E-state index contributed by atoms with van der Waals surface area (Å²) in [7, 11) is -2.94. The van der Waals surface area contributed by atoms with Gasteiger partial charge in [-0.3, -0.25) is 9.59 Å². The van der Waals surface area contributed by atoms with Crippen LogP contribution in [0, 0.1) is 5.82 Å². The number of aryl methyl sites for hydroxylation is 1. The summed E-state index contributed by atoms with van der Waals surface area (Å²) in [6.07, 6.45) is 3.31. The van der Waals surface area contributed by atoms with Gasteiger partial charge in [-0.05, 0) is 56.4 Å². The Kier molecular flexibility index (Phi) is 9.31. The van der Waals surface area contributed by atoms with Crippen LogP contribution >= 0.6 is 22.7 Å². The zero-order valence-corrected chi connectivity index (χ0v) is 23.9. The molecule has 0 bridgehead atoms. The second-order valence-electron chi connectivity index (χ2n) is 8.84. The maximum Gasteiger partial charge on any atom is 0.341 e. The van der Waals surface area contributed by atoms with E-state index in [9.17, 15) is 27.2 Å². The molecule has 0 spiro atoms. The van der Waals surface area contributed by atoms with Crippen molar-refractivity contribution >= 4 is 65.5 Å². The first-order chi connectivity index (χ1) is 18.6. The second-order valence-corrected chi connectivity index (χ2v) is 13.0. The van der Waals surface area contributed by atoms with Gasteiger partial charge in [0, 0.05) is 18.0 Å². The van der Waals surface area contributed by atoms with Gasteiger partial charge in [-0.2, -0.15) is 4.99 Å². The van der Waals surface area contributed by atoms with Gasteiger partial charge in [0.15, 0.2) is 14.6 Å². The van der Waals surface area contributed by atoms with Crippen LogP contribution in [0.1, 0.15) is 40.6 Å². The molecule has 14 heteroatoms. The molecule has 39 heavy (non-hydrogen) atoms. The van der Waals surface area contributed by atoms with Gasteiger partial charge in [-0.1, -0.05) is 11.3 Å². The van der Waals surface area contributed by atoms with Gasteiger partial charge in [-0.15, -0.1) is 11.3 Å². The van der Waals surface area contributed by atoms with Crippen LogP contribution in [-0.4, -0.2) is 62.6 Å². The third-order valence-corrected chi connectivity index (χ3v) is 9.67. The van der Waals surface area contributed by atoms with E-state index in [0.717, 1.165) is 41.0 Å². The molecule has 2 aromatic heterocycles. The fourth-order valence-corrected chi connectivity index (χ4v) is 7.77. The lowest BCUT2D eigenvalue weighted by Crippen LogP contribution is -2.28. The highest BCUT2D eigenvalue weighted by Crippen LogP contribution is 2.38. The quantitative estimate of drug-likeness (QED) is 0.281. The lowest BCUT2D eigenvalue weighted by atomic mass is 9.95. The van der Waals surface area contributed by atoms with E-state index in [1.54, 1.807) is 10.6 Å². The van der Waals surface area contributed by atoms with Crippen molar-refractivity contribution in [3.05, 3.63) is 44.8 Å². The molecule has 0 saturated heterocycles. The topological polar surface area (TPSA) is 133 Å². The normalized spacial score (nSPS) is 13.9. The fraction of sp³-hybridized carbons (Fsp3) is 0.440. The number of benzene rings is 1. The SMILES string of the molecule is CCOCCn1c(=NC(=O)CS(=O)(=O)CC(=O)Nc2sc3c(c2C(=O)OC)CCCC3)sc2cc(F)ccc21. The third kappa shape index (κ3) is 6.99. The van der Waals surface area contributed by atoms with Crippen LogP contribution in [0.2, 0.25) is 0 Å². The molecule has 10 nitrogen and oxygen atoms in total. The van der Waals surface area contributed by atoms with Crippen molar-refractivity contribution in [1.29, 1.82) is 0 Å². The molecule has 4 rings (SSSR count). The summed E-state index contributed by atoms with van der Waals surface area (Å²) < 4.78 is 51.6. The number of nitrogens with one attached hydrogen (secondary N) is 1. The number of anilines is 1. The van der Waals surface area contributed by atoms with Crippen LogP contribution < -0.4 is 10.1 Å². The first-order valence-electron chi connectivity index (χ1n) is 12.3. The Bertz CT molecular complexity index is 1590. The molecule has 3 aromatic rings. The Labute approximate surface area is 232 Å². The Morgan fingerprint density at radius 1 is 1.15 bits per heavy atom. The fourth-order valence-electron chi connectivity index (χ4n) is 4.36. The van der Waals surface area contributed by atoms with Gasteiger partial charge in [0.25, 0.3) is 5.91 Å². The van der Waals surface area contributed by atoms with Crippen molar-refractivity contribution < 1.29 is 36.7 Å². The molecule has 0 aliphatic heterocycles. The van der Waals surface area contributed by atoms with Gasteiger partial charge in [0.05, 0.1) is 29.5 Å². The van der Waals surface area contributed by atoms with E-state index < -0.39 is 44.9 Å². The van der Waals surface area contributed by atoms with Crippen molar-refractivity contribution in [2.75, 3.05) is 37.1 Å². The highest BCUT2D eigenvalue weighted by Gasteiger charge is 2.28. The molecular weight excluding hydrogens is 569 g/mol. The summed E-state index contributed by atoms with van der Waals surface area (Å²) in [5.41, 5.74) is 1.72. The predicted molar refractivity (Wildman–Crippen MR) is 146 cm³/mol. The number of rotatable bonds is 10. The molecule has 2 heterocycles. The number of halogens is 1. The molecular formula is C25H28FN3O7S3. The number of nitrogens with zero attached hydrogens (tertiary/aromatic N) is 2. The summed E-state index contributed by atoms with van der Waals surface area (Å²) in [6.45, 7) is 2.97. The number of carbonyl (C=O) groups is 3. The molecule has 2 amide bonds. The zero-order valence-electron chi connectivity index (χ0n) is 21.5. The lowest BCUT2D eigenvalue weighted by Gasteiger charge is -2.11. The van der Waals surface area contributed by atoms with E-state index in [2.05, 4.69) is 10.3 Å². The van der Waals surface area contributed by atoms with E-state index in [1.807, 2.05) is 6.92 Å². The maximum absolute atomic E-state index is 13.7. The van der Waals surface area contributed by atoms with Crippen LogP contribution in [0.3, 0.4) is 0 Å². The number of thiazole rings is 1. The number of esters is 1. The molecule has 0 atom stereocenters. The number of hydrogen-bond acceptors (Lipinski definition) is 9. The van der Waals surface area contributed by atoms with Gasteiger partial charge >= 0.3 is 5.97 Å². The first kappa shape index (κ1) is 29.1. The molecule has 1 aliphatic carbocycles. The second kappa shape index (κ2) is 12.5. The monoisotopic (exact) mass is 597 g/mol. The number of thiophene rings is 1. The average Bonchev–Trinajstić information content (AvgIpc) is 3.39. The maximum atomic E-state index is 13.7. The van der Waals surface area contributed by atoms with Crippen molar-refractivity contribution in [2.45, 2.75) is 39.2 Å². The standard InChI is InChI=1S/C25H28FN3O7S3/c1-3-36-11-10-29-17-9-8-15(26)12-19(17)38-25(29)28-21(31)14-39(33,34)13-20(30)27-23-22(24(32)35-2)16-6-4-5-7-18(16)37-23/h8-9,12H,3-7,10-11,13-14H2,1-2H3,(H,27,30). The van der Waals surface area contributed by atoms with Crippen LogP contribution in [0.15, 0.2) is 23.2 Å². The van der Waals surface area contributed by atoms with Crippen LogP contribution in [-0.2, 0) is 48.3 Å². The predicted octanol–water partition coefficient (Wildman–Crippen LogP) is 3.09. The average molecular weight is 598 g/mol. The minimum atomic E-state index is -4.19. The number of fused-ring (bicyclic) bond motifs is 2. The van der Waals surface area contributed by atoms with Crippen molar-refractivity contribution in [2.24, 2.45) is 4.99 Å². The number of sulfone groups is 1. The summed E-state index contributed by atoms with van der Waals surface area (Å²) in [4.78, 5) is 42.8. The Hall–Kier alpha value is -2.94. The minimum Gasteiger partial charge on any atom is -0.465 e. The number of ether oxygens (including phenoxy) is 2. The molecule has 1 aliphatic rings. The van der Waals surface area contributed by atoms with Gasteiger partial charge in [0.2, 0.25) is 5.91 Å². The van der Waals surface area contributed by atoms with E-state index in [4.69, 9.17) is 9.47 Å². The highest BCUT2D eigenvalue weighted by molar-refractivity contribution is 7.92. The summed E-state index contributed by atoms with van der Waals surface area (Å²) >= 11 is 2.29. The summed E-state index contributed by atoms with van der Waals surface area (Å²) in [6, 6.07) is 4.16. The van der Waals surface area contributed by atoms with Gasteiger partial charge < -0.3 is 19.4 Å². The molecule has 0 fully saturated rings. The van der Waals surface area contributed by atoms with E-state index in [-0.39, 0.29) is 15.4 Å². The highest BCUT2D eigenvalue weighted by atomic mass is 32.2. The minimum absolute atomic E-state index is 0.201. The number of methoxy groups -OCH3 is 1. The largest absolute Gasteiger partial charge is 0.465 e. The van der Waals surface area contributed by atoms with E-state index >= 15 is 0 Å².